The summed E-state index contributed by atoms with van der Waals surface area (Å²) in [5.41, 5.74) is 1.34. The zero-order chi connectivity index (χ0) is 14.9. The smallest absolute Gasteiger partial charge is 0.242 e. The van der Waals surface area contributed by atoms with Gasteiger partial charge in [-0.15, -0.1) is 0 Å². The molecule has 2 N–H and O–H groups in total. The number of fused-ring (bicyclic) bond motifs is 1. The monoisotopic (exact) mass is 407 g/mol. The molecule has 1 unspecified atom stereocenters. The third-order valence-electron chi connectivity index (χ3n) is 3.07. The number of carbonyl (C=O) groups is 1. The summed E-state index contributed by atoms with van der Waals surface area (Å²) in [6.45, 7) is 4.36. The first kappa shape index (κ1) is 15.4. The van der Waals surface area contributed by atoms with Crippen molar-refractivity contribution in [2.75, 3.05) is 6.54 Å². The van der Waals surface area contributed by atoms with E-state index in [9.17, 15) is 9.18 Å². The van der Waals surface area contributed by atoms with E-state index in [0.717, 1.165) is 11.9 Å². The van der Waals surface area contributed by atoms with E-state index in [1.807, 2.05) is 29.5 Å². The molecule has 1 amide bonds. The molecule has 0 aliphatic heterocycles. The average Bonchev–Trinajstić information content (AvgIpc) is 2.71. The van der Waals surface area contributed by atoms with Crippen LogP contribution in [0.25, 0.3) is 11.0 Å². The summed E-state index contributed by atoms with van der Waals surface area (Å²) in [4.78, 5) is 15.1. The van der Waals surface area contributed by atoms with E-state index < -0.39 is 6.04 Å². The van der Waals surface area contributed by atoms with Crippen LogP contribution < -0.4 is 5.32 Å². The van der Waals surface area contributed by atoms with Crippen molar-refractivity contribution in [2.24, 2.45) is 0 Å². The number of hydrogen-bond donors (Lipinski definition) is 2. The van der Waals surface area contributed by atoms with Crippen LogP contribution in [0.4, 0.5) is 4.39 Å². The highest BCUT2D eigenvalue weighted by Gasteiger charge is 2.19. The molecule has 0 saturated carbocycles. The number of rotatable bonds is 4. The minimum atomic E-state index is -0.484. The van der Waals surface area contributed by atoms with Crippen LogP contribution in [0, 0.1) is 14.2 Å². The quantitative estimate of drug-likeness (QED) is 0.602. The lowest BCUT2D eigenvalue weighted by Gasteiger charge is -2.14. The maximum Gasteiger partial charge on any atom is 0.242 e. The standard InChI is InChI=1S/C13H15FIN3OS/c1-3-4-16-12(19)7(2)18-11-5-8(14)9(15)6-10(11)17-13(18)20/h5-7H,3-4H2,1-2H3,(H,16,19)(H,17,20). The Labute approximate surface area is 134 Å². The Kier molecular flexibility index (Phi) is 4.79. The Morgan fingerprint density at radius 1 is 1.60 bits per heavy atom. The van der Waals surface area contributed by atoms with Crippen LogP contribution in [-0.2, 0) is 4.79 Å². The fraction of sp³-hybridized carbons (Fsp3) is 0.385. The number of nitrogens with zero attached hydrogens (tertiary/aromatic N) is 1. The third kappa shape index (κ3) is 2.88. The van der Waals surface area contributed by atoms with Gasteiger partial charge in [-0.1, -0.05) is 6.92 Å². The second-order valence-corrected chi connectivity index (χ2v) is 6.10. The van der Waals surface area contributed by atoms with Crippen molar-refractivity contribution in [3.05, 3.63) is 26.3 Å². The largest absolute Gasteiger partial charge is 0.354 e. The molecule has 0 saturated heterocycles. The highest BCUT2D eigenvalue weighted by molar-refractivity contribution is 14.1. The van der Waals surface area contributed by atoms with Crippen LogP contribution >= 0.6 is 34.8 Å². The molecular formula is C13H15FIN3OS. The van der Waals surface area contributed by atoms with Crippen molar-refractivity contribution >= 4 is 51.7 Å². The first-order chi connectivity index (χ1) is 9.45. The number of H-pyrrole nitrogens is 1. The predicted molar refractivity (Wildman–Crippen MR) is 87.8 cm³/mol. The van der Waals surface area contributed by atoms with Gasteiger partial charge >= 0.3 is 0 Å². The molecule has 2 rings (SSSR count). The highest BCUT2D eigenvalue weighted by Crippen LogP contribution is 2.23. The minimum absolute atomic E-state index is 0.122. The van der Waals surface area contributed by atoms with Crippen LogP contribution in [-0.4, -0.2) is 22.0 Å². The van der Waals surface area contributed by atoms with Gasteiger partial charge in [0.2, 0.25) is 5.91 Å². The van der Waals surface area contributed by atoms with Crippen molar-refractivity contribution in [1.82, 2.24) is 14.9 Å². The van der Waals surface area contributed by atoms with Crippen LogP contribution in [0.2, 0.25) is 0 Å². The van der Waals surface area contributed by atoms with Gasteiger partial charge in [0.15, 0.2) is 4.77 Å². The van der Waals surface area contributed by atoms with Gasteiger partial charge in [0.1, 0.15) is 11.9 Å². The number of amides is 1. The van der Waals surface area contributed by atoms with E-state index >= 15 is 0 Å². The first-order valence-corrected chi connectivity index (χ1v) is 7.81. The molecule has 1 heterocycles. The van der Waals surface area contributed by atoms with E-state index in [0.29, 0.717) is 20.4 Å². The summed E-state index contributed by atoms with van der Waals surface area (Å²) in [5, 5.41) is 2.82. The van der Waals surface area contributed by atoms with Crippen molar-refractivity contribution in [3.63, 3.8) is 0 Å². The Morgan fingerprint density at radius 2 is 2.30 bits per heavy atom. The molecule has 1 atom stereocenters. The molecular weight excluding hydrogens is 392 g/mol. The van der Waals surface area contributed by atoms with Gasteiger partial charge in [0, 0.05) is 12.6 Å². The molecule has 108 valence electrons. The summed E-state index contributed by atoms with van der Waals surface area (Å²) in [5.74, 6) is -0.440. The third-order valence-corrected chi connectivity index (χ3v) is 4.20. The Morgan fingerprint density at radius 3 is 2.95 bits per heavy atom. The number of carbonyl (C=O) groups excluding carboxylic acids is 1. The molecule has 1 aromatic carbocycles. The lowest BCUT2D eigenvalue weighted by molar-refractivity contribution is -0.123. The summed E-state index contributed by atoms with van der Waals surface area (Å²) < 4.78 is 16.3. The molecule has 0 aliphatic rings. The predicted octanol–water partition coefficient (Wildman–Crippen LogP) is 3.53. The second kappa shape index (κ2) is 6.21. The number of nitrogens with one attached hydrogen (secondary N) is 2. The van der Waals surface area contributed by atoms with Crippen LogP contribution in [0.3, 0.4) is 0 Å². The SMILES string of the molecule is CCCNC(=O)C(C)n1c(=S)[nH]c2cc(I)c(F)cc21. The topological polar surface area (TPSA) is 49.8 Å². The number of benzene rings is 1. The molecule has 0 aliphatic carbocycles. The van der Waals surface area contributed by atoms with Crippen molar-refractivity contribution in [2.45, 2.75) is 26.3 Å². The number of imidazole rings is 1. The fourth-order valence-electron chi connectivity index (χ4n) is 2.02. The maximum atomic E-state index is 13.7. The normalized spacial score (nSPS) is 12.6. The van der Waals surface area contributed by atoms with Gasteiger partial charge in [-0.05, 0) is 54.2 Å². The van der Waals surface area contributed by atoms with Crippen LogP contribution in [0.1, 0.15) is 26.3 Å². The molecule has 4 nitrogen and oxygen atoms in total. The Hall–Kier alpha value is -0.960. The fourth-order valence-corrected chi connectivity index (χ4v) is 2.85. The van der Waals surface area contributed by atoms with E-state index in [1.165, 1.54) is 6.07 Å². The van der Waals surface area contributed by atoms with E-state index in [4.69, 9.17) is 12.2 Å². The van der Waals surface area contributed by atoms with E-state index in [2.05, 4.69) is 10.3 Å². The van der Waals surface area contributed by atoms with Gasteiger partial charge in [0.05, 0.1) is 14.6 Å². The lowest BCUT2D eigenvalue weighted by atomic mass is 10.2. The molecule has 0 radical (unpaired) electrons. The number of hydrogen-bond acceptors (Lipinski definition) is 2. The van der Waals surface area contributed by atoms with Crippen LogP contribution in [0.5, 0.6) is 0 Å². The zero-order valence-electron chi connectivity index (χ0n) is 11.2. The minimum Gasteiger partial charge on any atom is -0.354 e. The molecule has 0 fully saturated rings. The Bertz CT molecular complexity index is 709. The lowest BCUT2D eigenvalue weighted by Crippen LogP contribution is -2.31. The molecule has 7 heteroatoms. The Balaban J connectivity index is 2.48. The summed E-state index contributed by atoms with van der Waals surface area (Å²) in [6.07, 6.45) is 0.866. The number of aromatic nitrogens is 2. The van der Waals surface area contributed by atoms with Crippen LogP contribution in [0.15, 0.2) is 12.1 Å². The molecule has 1 aromatic heterocycles. The van der Waals surface area contributed by atoms with Gasteiger partial charge in [-0.2, -0.15) is 0 Å². The van der Waals surface area contributed by atoms with Gasteiger partial charge in [-0.25, -0.2) is 4.39 Å². The number of aromatic amines is 1. The number of halogens is 2. The van der Waals surface area contributed by atoms with E-state index in [1.54, 1.807) is 17.6 Å². The van der Waals surface area contributed by atoms with Crippen molar-refractivity contribution in [3.8, 4) is 0 Å². The molecule has 2 aromatic rings. The van der Waals surface area contributed by atoms with Gasteiger partial charge in [0.25, 0.3) is 0 Å². The molecule has 20 heavy (non-hydrogen) atoms. The molecule has 0 spiro atoms. The summed E-state index contributed by atoms with van der Waals surface area (Å²) in [6, 6.07) is 2.61. The molecule has 0 bridgehead atoms. The zero-order valence-corrected chi connectivity index (χ0v) is 14.1. The average molecular weight is 407 g/mol. The summed E-state index contributed by atoms with van der Waals surface area (Å²) in [7, 11) is 0. The first-order valence-electron chi connectivity index (χ1n) is 6.32. The van der Waals surface area contributed by atoms with Gasteiger partial charge in [-0.3, -0.25) is 4.79 Å². The van der Waals surface area contributed by atoms with Crippen molar-refractivity contribution in [1.29, 1.82) is 0 Å². The van der Waals surface area contributed by atoms with Crippen molar-refractivity contribution < 1.29 is 9.18 Å². The maximum absolute atomic E-state index is 13.7. The second-order valence-electron chi connectivity index (χ2n) is 4.55. The van der Waals surface area contributed by atoms with E-state index in [-0.39, 0.29) is 11.7 Å². The van der Waals surface area contributed by atoms with Gasteiger partial charge < -0.3 is 14.9 Å². The highest BCUT2D eigenvalue weighted by atomic mass is 127. The summed E-state index contributed by atoms with van der Waals surface area (Å²) >= 11 is 7.17.